The summed E-state index contributed by atoms with van der Waals surface area (Å²) in [5.74, 6) is -1.11. The van der Waals surface area contributed by atoms with E-state index < -0.39 is 30.9 Å². The van der Waals surface area contributed by atoms with Crippen LogP contribution in [0, 0.1) is 28.4 Å². The Morgan fingerprint density at radius 2 is 1.73 bits per heavy atom. The third-order valence-electron chi connectivity index (χ3n) is 8.43. The van der Waals surface area contributed by atoms with Gasteiger partial charge in [0.05, 0.1) is 30.8 Å². The van der Waals surface area contributed by atoms with Crippen molar-refractivity contribution in [1.82, 2.24) is 25.5 Å². The van der Waals surface area contributed by atoms with E-state index in [1.54, 1.807) is 12.1 Å². The highest BCUT2D eigenvalue weighted by Gasteiger charge is 2.47. The highest BCUT2D eigenvalue weighted by molar-refractivity contribution is 7.46. The monoisotopic (exact) mass is 731 g/mol. The van der Waals surface area contributed by atoms with E-state index in [4.69, 9.17) is 9.26 Å². The number of carbonyl (C=O) groups excluding carboxylic acids is 1. The molecule has 1 unspecified atom stereocenters. The second-order valence-electron chi connectivity index (χ2n) is 14.9. The highest BCUT2D eigenvalue weighted by Crippen LogP contribution is 2.48. The lowest BCUT2D eigenvalue weighted by Gasteiger charge is -2.52. The molecule has 2 aromatic carbocycles. The third kappa shape index (κ3) is 11.2. The van der Waals surface area contributed by atoms with Crippen LogP contribution in [0.25, 0.3) is 10.9 Å². The van der Waals surface area contributed by atoms with Crippen molar-refractivity contribution in [1.29, 1.82) is 0 Å². The van der Waals surface area contributed by atoms with Crippen LogP contribution in [0.1, 0.15) is 67.0 Å². The van der Waals surface area contributed by atoms with E-state index in [1.165, 1.54) is 18.5 Å². The number of phosphoric ester groups is 1. The maximum Gasteiger partial charge on any atom is 0.469 e. The molecule has 2 aromatic heterocycles. The zero-order valence-corrected chi connectivity index (χ0v) is 30.9. The molecular weight excluding hydrogens is 683 g/mol. The molecule has 278 valence electrons. The van der Waals surface area contributed by atoms with E-state index >= 15 is 0 Å². The van der Waals surface area contributed by atoms with Gasteiger partial charge in [-0.15, -0.1) is 0 Å². The zero-order valence-electron chi connectivity index (χ0n) is 30.0. The van der Waals surface area contributed by atoms with Crippen molar-refractivity contribution < 1.29 is 37.2 Å². The Morgan fingerprint density at radius 1 is 1.00 bits per heavy atom. The lowest BCUT2D eigenvalue weighted by Crippen LogP contribution is -2.58. The number of amides is 1. The summed E-state index contributed by atoms with van der Waals surface area (Å²) in [4.78, 5) is 39.6. The van der Waals surface area contributed by atoms with E-state index in [0.29, 0.717) is 60.0 Å². The number of hydrogen-bond donors (Lipinski definition) is 6. The number of rotatable bonds is 16. The van der Waals surface area contributed by atoms with Gasteiger partial charge in [-0.1, -0.05) is 47.6 Å². The van der Waals surface area contributed by atoms with Crippen molar-refractivity contribution in [2.75, 3.05) is 30.4 Å². The van der Waals surface area contributed by atoms with Gasteiger partial charge in [0.1, 0.15) is 17.9 Å². The Morgan fingerprint density at radius 3 is 2.41 bits per heavy atom. The maximum atomic E-state index is 13.9. The summed E-state index contributed by atoms with van der Waals surface area (Å²) < 4.78 is 49.7. The summed E-state index contributed by atoms with van der Waals surface area (Å²) >= 11 is 0. The summed E-state index contributed by atoms with van der Waals surface area (Å²) in [5, 5.41) is 16.8. The average molecular weight is 732 g/mol. The number of H-pyrrole nitrogens is 1. The van der Waals surface area contributed by atoms with E-state index in [0.717, 1.165) is 6.07 Å². The molecule has 0 aliphatic carbocycles. The molecule has 0 radical (unpaired) electrons. The minimum Gasteiger partial charge on any atom is -0.493 e. The molecule has 0 spiro atoms. The van der Waals surface area contributed by atoms with Crippen LogP contribution in [0.15, 0.2) is 48.8 Å². The zero-order chi connectivity index (χ0) is 37.6. The molecule has 51 heavy (non-hydrogen) atoms. The number of carbonyl (C=O) groups is 1. The van der Waals surface area contributed by atoms with Gasteiger partial charge in [0.15, 0.2) is 17.5 Å². The summed E-state index contributed by atoms with van der Waals surface area (Å²) in [7, 11) is -4.59. The normalized spacial score (nSPS) is 13.7. The molecule has 0 saturated carbocycles. The SMILES string of the molecule is CC(C)(C)C(C(C)(C)C)C(C)(CCOP(=O)(O)O)NCCCOc1ccc2c(Nc3cc(CC(=O)Nc4cccc(F)c4F)[nH]n3)ncnc2c1. The Labute approximate surface area is 296 Å². The number of nitrogens with zero attached hydrogens (tertiary/aromatic N) is 3. The second-order valence-corrected chi connectivity index (χ2v) is 16.2. The fourth-order valence-corrected chi connectivity index (χ4v) is 7.72. The van der Waals surface area contributed by atoms with Gasteiger partial charge in [-0.2, -0.15) is 5.10 Å². The number of aromatic amines is 1. The number of anilines is 3. The lowest BCUT2D eigenvalue weighted by atomic mass is 9.57. The van der Waals surface area contributed by atoms with Crippen molar-refractivity contribution >= 4 is 42.0 Å². The van der Waals surface area contributed by atoms with Crippen LogP contribution in [0.4, 0.5) is 26.1 Å². The van der Waals surface area contributed by atoms with Gasteiger partial charge in [0, 0.05) is 28.8 Å². The minimum absolute atomic E-state index is 0.0818. The Balaban J connectivity index is 1.34. The summed E-state index contributed by atoms with van der Waals surface area (Å²) in [6.45, 7) is 16.1. The Hall–Kier alpha value is -4.01. The topological polar surface area (TPSA) is 184 Å². The van der Waals surface area contributed by atoms with E-state index in [9.17, 15) is 27.9 Å². The van der Waals surface area contributed by atoms with Crippen LogP contribution in [0.3, 0.4) is 0 Å². The van der Waals surface area contributed by atoms with E-state index in [1.807, 2.05) is 12.1 Å². The minimum atomic E-state index is -4.59. The fourth-order valence-electron chi connectivity index (χ4n) is 7.39. The van der Waals surface area contributed by atoms with Gasteiger partial charge in [-0.3, -0.25) is 14.4 Å². The maximum absolute atomic E-state index is 13.9. The molecule has 4 rings (SSSR count). The van der Waals surface area contributed by atoms with Crippen LogP contribution in [-0.4, -0.2) is 61.2 Å². The molecule has 4 aromatic rings. The molecule has 0 saturated heterocycles. The first-order chi connectivity index (χ1) is 23.7. The summed E-state index contributed by atoms with van der Waals surface area (Å²) in [5.41, 5.74) is 0.121. The smallest absolute Gasteiger partial charge is 0.469 e. The van der Waals surface area contributed by atoms with Crippen molar-refractivity contribution in [3.63, 3.8) is 0 Å². The number of phosphoric acid groups is 1. The van der Waals surface area contributed by atoms with Crippen LogP contribution in [-0.2, 0) is 20.3 Å². The number of halogens is 2. The lowest BCUT2D eigenvalue weighted by molar-refractivity contribution is -0.115. The molecular formula is C35H48F2N7O6P. The quantitative estimate of drug-likeness (QED) is 0.0522. The molecule has 0 aliphatic heterocycles. The molecule has 1 atom stereocenters. The van der Waals surface area contributed by atoms with E-state index in [-0.39, 0.29) is 35.5 Å². The van der Waals surface area contributed by atoms with Gasteiger partial charge in [0.25, 0.3) is 0 Å². The molecule has 6 N–H and O–H groups in total. The molecule has 0 aliphatic rings. The Kier molecular flexibility index (Phi) is 12.6. The number of aromatic nitrogens is 4. The molecule has 0 bridgehead atoms. The Bertz CT molecular complexity index is 1840. The van der Waals surface area contributed by atoms with Crippen molar-refractivity contribution in [3.05, 3.63) is 66.1 Å². The first-order valence-corrected chi connectivity index (χ1v) is 18.2. The number of ether oxygens (including phenoxy) is 1. The fraction of sp³-hybridized carbons (Fsp3) is 0.486. The summed E-state index contributed by atoms with van der Waals surface area (Å²) in [6.07, 6.45) is 2.33. The first-order valence-electron chi connectivity index (χ1n) is 16.6. The molecule has 16 heteroatoms. The van der Waals surface area contributed by atoms with Crippen LogP contribution in [0.2, 0.25) is 0 Å². The number of hydrogen-bond acceptors (Lipinski definition) is 9. The van der Waals surface area contributed by atoms with Crippen LogP contribution < -0.4 is 20.7 Å². The van der Waals surface area contributed by atoms with Crippen LogP contribution >= 0.6 is 7.82 Å². The first kappa shape index (κ1) is 39.8. The van der Waals surface area contributed by atoms with Gasteiger partial charge in [-0.05, 0) is 67.3 Å². The molecule has 2 heterocycles. The predicted molar refractivity (Wildman–Crippen MR) is 192 cm³/mol. The molecule has 1 amide bonds. The van der Waals surface area contributed by atoms with Crippen molar-refractivity contribution in [2.45, 2.75) is 73.3 Å². The van der Waals surface area contributed by atoms with Gasteiger partial charge >= 0.3 is 7.82 Å². The predicted octanol–water partition coefficient (Wildman–Crippen LogP) is 6.88. The number of benzene rings is 2. The van der Waals surface area contributed by atoms with Crippen molar-refractivity contribution in [3.8, 4) is 5.75 Å². The van der Waals surface area contributed by atoms with Crippen LogP contribution in [0.5, 0.6) is 5.75 Å². The van der Waals surface area contributed by atoms with Crippen molar-refractivity contribution in [2.24, 2.45) is 16.7 Å². The molecule has 0 fully saturated rings. The number of fused-ring (bicyclic) bond motifs is 1. The highest BCUT2D eigenvalue weighted by atomic mass is 31.2. The average Bonchev–Trinajstić information content (AvgIpc) is 3.43. The second kappa shape index (κ2) is 16.1. The van der Waals surface area contributed by atoms with Gasteiger partial charge < -0.3 is 30.5 Å². The van der Waals surface area contributed by atoms with Gasteiger partial charge in [0.2, 0.25) is 5.91 Å². The standard InChI is InChI=1S/C35H48F2N7O6P/c1-33(2,3)32(34(4,5)6)35(7,14-17-50-51(46,47)48)40-15-9-16-49-23-12-13-24-27(20-23)38-21-39-31(24)42-28-18-22(43-44-28)19-29(45)41-26-11-8-10-25(36)30(26)37/h8,10-13,18,20-21,32,40H,9,14-17,19H2,1-7H3,(H,41,45)(H2,46,47,48)(H2,38,39,42,43,44). The summed E-state index contributed by atoms with van der Waals surface area (Å²) in [6, 6.07) is 10.6. The third-order valence-corrected chi connectivity index (χ3v) is 8.95. The van der Waals surface area contributed by atoms with E-state index in [2.05, 4.69) is 84.6 Å². The number of nitrogens with one attached hydrogen (secondary N) is 4. The molecule has 13 nitrogen and oxygen atoms in total. The largest absolute Gasteiger partial charge is 0.493 e. The van der Waals surface area contributed by atoms with Gasteiger partial charge in [-0.25, -0.2) is 23.3 Å².